The standard InChI is InChI=1S/C20H25N3O2/c1-16-13-21-11-12-23(16)14-20(24)22-18-7-9-19(10-8-18)25-15-17-5-3-2-4-6-17/h2-10,16,21H,11-15H2,1H3,(H,22,24)/t16-/m1/s1. The molecular formula is C20H25N3O2. The molecular weight excluding hydrogens is 314 g/mol. The largest absolute Gasteiger partial charge is 0.489 e. The number of ether oxygens (including phenoxy) is 1. The van der Waals surface area contributed by atoms with Gasteiger partial charge >= 0.3 is 0 Å². The van der Waals surface area contributed by atoms with Gasteiger partial charge in [-0.2, -0.15) is 0 Å². The van der Waals surface area contributed by atoms with Gasteiger partial charge < -0.3 is 15.4 Å². The summed E-state index contributed by atoms with van der Waals surface area (Å²) in [4.78, 5) is 14.4. The molecule has 1 amide bonds. The van der Waals surface area contributed by atoms with Crippen molar-refractivity contribution in [3.05, 3.63) is 60.2 Å². The van der Waals surface area contributed by atoms with Crippen molar-refractivity contribution in [1.82, 2.24) is 10.2 Å². The Labute approximate surface area is 149 Å². The minimum Gasteiger partial charge on any atom is -0.489 e. The number of anilines is 1. The number of rotatable bonds is 6. The van der Waals surface area contributed by atoms with Crippen molar-refractivity contribution < 1.29 is 9.53 Å². The van der Waals surface area contributed by atoms with Crippen LogP contribution in [0.2, 0.25) is 0 Å². The van der Waals surface area contributed by atoms with Crippen LogP contribution in [0.15, 0.2) is 54.6 Å². The molecule has 0 unspecified atom stereocenters. The Hall–Kier alpha value is -2.37. The lowest BCUT2D eigenvalue weighted by molar-refractivity contribution is -0.118. The number of nitrogens with one attached hydrogen (secondary N) is 2. The Morgan fingerprint density at radius 1 is 1.20 bits per heavy atom. The normalized spacial score (nSPS) is 17.9. The van der Waals surface area contributed by atoms with E-state index in [1.165, 1.54) is 0 Å². The maximum Gasteiger partial charge on any atom is 0.238 e. The predicted octanol–water partition coefficient (Wildman–Crippen LogP) is 2.50. The zero-order valence-corrected chi connectivity index (χ0v) is 14.6. The zero-order valence-electron chi connectivity index (χ0n) is 14.6. The van der Waals surface area contributed by atoms with Crippen LogP contribution in [-0.2, 0) is 11.4 Å². The van der Waals surface area contributed by atoms with Gasteiger partial charge in [0, 0.05) is 31.4 Å². The van der Waals surface area contributed by atoms with E-state index in [-0.39, 0.29) is 5.91 Å². The summed E-state index contributed by atoms with van der Waals surface area (Å²) in [5.74, 6) is 0.810. The Balaban J connectivity index is 1.47. The summed E-state index contributed by atoms with van der Waals surface area (Å²) >= 11 is 0. The second kappa shape index (κ2) is 8.65. The average molecular weight is 339 g/mol. The highest BCUT2D eigenvalue weighted by molar-refractivity contribution is 5.92. The fourth-order valence-corrected chi connectivity index (χ4v) is 2.88. The highest BCUT2D eigenvalue weighted by Gasteiger charge is 2.20. The molecule has 1 heterocycles. The molecule has 0 spiro atoms. The van der Waals surface area contributed by atoms with Crippen LogP contribution in [0.5, 0.6) is 5.75 Å². The molecule has 1 aliphatic heterocycles. The van der Waals surface area contributed by atoms with Crippen LogP contribution < -0.4 is 15.4 Å². The third-order valence-corrected chi connectivity index (χ3v) is 4.37. The first-order valence-electron chi connectivity index (χ1n) is 8.72. The van der Waals surface area contributed by atoms with Crippen LogP contribution in [0.3, 0.4) is 0 Å². The first-order valence-corrected chi connectivity index (χ1v) is 8.72. The van der Waals surface area contributed by atoms with E-state index in [2.05, 4.69) is 22.5 Å². The molecule has 5 heteroatoms. The molecule has 0 saturated carbocycles. The Morgan fingerprint density at radius 3 is 2.68 bits per heavy atom. The van der Waals surface area contributed by atoms with Gasteiger partial charge in [-0.05, 0) is 36.8 Å². The SMILES string of the molecule is C[C@@H]1CNCCN1CC(=O)Nc1ccc(OCc2ccccc2)cc1. The summed E-state index contributed by atoms with van der Waals surface area (Å²) in [7, 11) is 0. The van der Waals surface area contributed by atoms with Crippen LogP contribution in [-0.4, -0.2) is 43.0 Å². The molecule has 25 heavy (non-hydrogen) atoms. The van der Waals surface area contributed by atoms with Crippen LogP contribution in [0.1, 0.15) is 12.5 Å². The van der Waals surface area contributed by atoms with E-state index < -0.39 is 0 Å². The topological polar surface area (TPSA) is 53.6 Å². The van der Waals surface area contributed by atoms with Crippen molar-refractivity contribution in [2.75, 3.05) is 31.5 Å². The van der Waals surface area contributed by atoms with E-state index in [4.69, 9.17) is 4.74 Å². The monoisotopic (exact) mass is 339 g/mol. The average Bonchev–Trinajstić information content (AvgIpc) is 2.64. The number of amides is 1. The molecule has 3 rings (SSSR count). The minimum atomic E-state index is 0.0201. The predicted molar refractivity (Wildman–Crippen MR) is 99.8 cm³/mol. The Morgan fingerprint density at radius 2 is 1.96 bits per heavy atom. The smallest absolute Gasteiger partial charge is 0.238 e. The summed E-state index contributed by atoms with van der Waals surface area (Å²) in [6.07, 6.45) is 0. The van der Waals surface area contributed by atoms with E-state index >= 15 is 0 Å². The maximum atomic E-state index is 12.2. The fraction of sp³-hybridized carbons (Fsp3) is 0.350. The van der Waals surface area contributed by atoms with Gasteiger partial charge in [0.05, 0.1) is 6.54 Å². The first-order chi connectivity index (χ1) is 12.2. The molecule has 2 aromatic rings. The van der Waals surface area contributed by atoms with Crippen LogP contribution in [0, 0.1) is 0 Å². The van der Waals surface area contributed by atoms with E-state index in [1.807, 2.05) is 54.6 Å². The van der Waals surface area contributed by atoms with Crippen LogP contribution >= 0.6 is 0 Å². The summed E-state index contributed by atoms with van der Waals surface area (Å²) in [6, 6.07) is 17.9. The second-order valence-electron chi connectivity index (χ2n) is 6.37. The number of hydrogen-bond acceptors (Lipinski definition) is 4. The number of hydrogen-bond donors (Lipinski definition) is 2. The molecule has 0 bridgehead atoms. The van der Waals surface area contributed by atoms with Crippen LogP contribution in [0.25, 0.3) is 0 Å². The van der Waals surface area contributed by atoms with Gasteiger partial charge in [-0.3, -0.25) is 9.69 Å². The van der Waals surface area contributed by atoms with Crippen molar-refractivity contribution in [1.29, 1.82) is 0 Å². The second-order valence-corrected chi connectivity index (χ2v) is 6.37. The lowest BCUT2D eigenvalue weighted by atomic mass is 10.2. The van der Waals surface area contributed by atoms with Crippen LogP contribution in [0.4, 0.5) is 5.69 Å². The molecule has 0 aliphatic carbocycles. The molecule has 1 atom stereocenters. The molecule has 2 aromatic carbocycles. The van der Waals surface area contributed by atoms with E-state index in [0.717, 1.165) is 36.6 Å². The Bertz CT molecular complexity index is 673. The van der Waals surface area contributed by atoms with Gasteiger partial charge in [0.25, 0.3) is 0 Å². The van der Waals surface area contributed by atoms with Gasteiger partial charge in [-0.25, -0.2) is 0 Å². The van der Waals surface area contributed by atoms with Gasteiger partial charge in [0.15, 0.2) is 0 Å². The highest BCUT2D eigenvalue weighted by atomic mass is 16.5. The lowest BCUT2D eigenvalue weighted by Crippen LogP contribution is -2.51. The summed E-state index contributed by atoms with van der Waals surface area (Å²) in [6.45, 7) is 5.87. The molecule has 132 valence electrons. The Kier molecular flexibility index (Phi) is 6.04. The molecule has 0 radical (unpaired) electrons. The molecule has 5 nitrogen and oxygen atoms in total. The number of benzene rings is 2. The van der Waals surface area contributed by atoms with Crippen molar-refractivity contribution in [2.24, 2.45) is 0 Å². The number of carbonyl (C=O) groups is 1. The van der Waals surface area contributed by atoms with Gasteiger partial charge in [-0.1, -0.05) is 30.3 Å². The summed E-state index contributed by atoms with van der Waals surface area (Å²) in [5.41, 5.74) is 1.92. The third kappa shape index (κ3) is 5.31. The molecule has 2 N–H and O–H groups in total. The van der Waals surface area contributed by atoms with E-state index in [9.17, 15) is 4.79 Å². The van der Waals surface area contributed by atoms with Gasteiger partial charge in [-0.15, -0.1) is 0 Å². The van der Waals surface area contributed by atoms with Crippen molar-refractivity contribution in [3.63, 3.8) is 0 Å². The number of carbonyl (C=O) groups excluding carboxylic acids is 1. The number of nitrogens with zero attached hydrogens (tertiary/aromatic N) is 1. The summed E-state index contributed by atoms with van der Waals surface area (Å²) in [5, 5.41) is 6.28. The van der Waals surface area contributed by atoms with Crippen molar-refractivity contribution in [3.8, 4) is 5.75 Å². The molecule has 1 aliphatic rings. The van der Waals surface area contributed by atoms with Gasteiger partial charge in [0.1, 0.15) is 12.4 Å². The first kappa shape index (κ1) is 17.5. The van der Waals surface area contributed by atoms with Gasteiger partial charge in [0.2, 0.25) is 5.91 Å². The minimum absolute atomic E-state index is 0.0201. The van der Waals surface area contributed by atoms with E-state index in [1.54, 1.807) is 0 Å². The van der Waals surface area contributed by atoms with Crippen molar-refractivity contribution >= 4 is 11.6 Å². The third-order valence-electron chi connectivity index (χ3n) is 4.37. The summed E-state index contributed by atoms with van der Waals surface area (Å²) < 4.78 is 5.76. The zero-order chi connectivity index (χ0) is 17.5. The number of piperazine rings is 1. The quantitative estimate of drug-likeness (QED) is 0.849. The lowest BCUT2D eigenvalue weighted by Gasteiger charge is -2.33. The maximum absolute atomic E-state index is 12.2. The molecule has 1 fully saturated rings. The fourth-order valence-electron chi connectivity index (χ4n) is 2.88. The molecule has 0 aromatic heterocycles. The van der Waals surface area contributed by atoms with Crippen molar-refractivity contribution in [2.45, 2.75) is 19.6 Å². The van der Waals surface area contributed by atoms with E-state index in [0.29, 0.717) is 19.2 Å². The highest BCUT2D eigenvalue weighted by Crippen LogP contribution is 2.17. The molecule has 1 saturated heterocycles.